The summed E-state index contributed by atoms with van der Waals surface area (Å²) in [5, 5.41) is 0.670. The maximum atomic E-state index is 6.27. The zero-order valence-corrected chi connectivity index (χ0v) is 13.5. The molecule has 0 radical (unpaired) electrons. The molecule has 0 bridgehead atoms. The fourth-order valence-electron chi connectivity index (χ4n) is 2.21. The van der Waals surface area contributed by atoms with E-state index in [2.05, 4.69) is 38.1 Å². The van der Waals surface area contributed by atoms with E-state index in [0.29, 0.717) is 5.02 Å². The lowest BCUT2D eigenvalue weighted by Gasteiger charge is -2.26. The number of nitrogens with two attached hydrogens (primary N) is 1. The number of hydrogen-bond donors (Lipinski definition) is 1. The highest BCUT2D eigenvalue weighted by Gasteiger charge is 2.21. The SMILES string of the molecule is CCC(N)C(Oc1cc(Cl)ccc1C)c1ccc(C)cc1. The van der Waals surface area contributed by atoms with E-state index in [-0.39, 0.29) is 12.1 Å². The Morgan fingerprint density at radius 3 is 2.38 bits per heavy atom. The zero-order valence-electron chi connectivity index (χ0n) is 12.8. The number of halogens is 1. The number of rotatable bonds is 5. The second kappa shape index (κ2) is 6.97. The normalized spacial score (nSPS) is 13.8. The second-order valence-electron chi connectivity index (χ2n) is 5.43. The Bertz CT molecular complexity index is 595. The molecule has 2 aromatic carbocycles. The fraction of sp³-hybridized carbons (Fsp3) is 0.333. The molecule has 112 valence electrons. The van der Waals surface area contributed by atoms with Crippen LogP contribution in [0.15, 0.2) is 42.5 Å². The molecule has 0 heterocycles. The first kappa shape index (κ1) is 15.9. The number of hydrogen-bond acceptors (Lipinski definition) is 2. The van der Waals surface area contributed by atoms with Gasteiger partial charge in [0.2, 0.25) is 0 Å². The molecule has 0 aliphatic heterocycles. The molecule has 0 aromatic heterocycles. The molecule has 2 N–H and O–H groups in total. The molecule has 2 rings (SSSR count). The highest BCUT2D eigenvalue weighted by molar-refractivity contribution is 6.30. The molecule has 0 saturated heterocycles. The number of benzene rings is 2. The van der Waals surface area contributed by atoms with E-state index in [1.54, 1.807) is 0 Å². The van der Waals surface area contributed by atoms with Crippen molar-refractivity contribution in [3.05, 3.63) is 64.2 Å². The summed E-state index contributed by atoms with van der Waals surface area (Å²) in [5.41, 5.74) is 9.64. The minimum absolute atomic E-state index is 0.0638. The summed E-state index contributed by atoms with van der Waals surface area (Å²) in [7, 11) is 0. The van der Waals surface area contributed by atoms with Crippen LogP contribution in [0.4, 0.5) is 0 Å². The number of aryl methyl sites for hydroxylation is 2. The van der Waals surface area contributed by atoms with Crippen LogP contribution in [0.1, 0.15) is 36.1 Å². The summed E-state index contributed by atoms with van der Waals surface area (Å²) in [6.07, 6.45) is 0.672. The minimum Gasteiger partial charge on any atom is -0.484 e. The van der Waals surface area contributed by atoms with Gasteiger partial charge in [-0.05, 0) is 43.5 Å². The van der Waals surface area contributed by atoms with Crippen LogP contribution in [0.5, 0.6) is 5.75 Å². The van der Waals surface area contributed by atoms with Crippen molar-refractivity contribution in [3.63, 3.8) is 0 Å². The van der Waals surface area contributed by atoms with Crippen LogP contribution < -0.4 is 10.5 Å². The quantitative estimate of drug-likeness (QED) is 0.860. The molecule has 0 fully saturated rings. The van der Waals surface area contributed by atoms with E-state index in [9.17, 15) is 0 Å². The van der Waals surface area contributed by atoms with Crippen LogP contribution >= 0.6 is 11.6 Å². The molecule has 0 spiro atoms. The van der Waals surface area contributed by atoms with Gasteiger partial charge < -0.3 is 10.5 Å². The van der Waals surface area contributed by atoms with Crippen molar-refractivity contribution in [2.75, 3.05) is 0 Å². The van der Waals surface area contributed by atoms with Crippen molar-refractivity contribution in [1.82, 2.24) is 0 Å². The Balaban J connectivity index is 2.32. The average molecular weight is 304 g/mol. The summed E-state index contributed by atoms with van der Waals surface area (Å²) in [6.45, 7) is 6.15. The van der Waals surface area contributed by atoms with Gasteiger partial charge in [-0.2, -0.15) is 0 Å². The van der Waals surface area contributed by atoms with E-state index in [0.717, 1.165) is 23.3 Å². The molecule has 2 atom stereocenters. The third-order valence-electron chi connectivity index (χ3n) is 3.67. The van der Waals surface area contributed by atoms with Crippen LogP contribution in [0.2, 0.25) is 5.02 Å². The molecule has 3 heteroatoms. The van der Waals surface area contributed by atoms with Gasteiger partial charge in [0.1, 0.15) is 11.9 Å². The van der Waals surface area contributed by atoms with Gasteiger partial charge in [0, 0.05) is 11.1 Å². The third-order valence-corrected chi connectivity index (χ3v) is 3.91. The zero-order chi connectivity index (χ0) is 15.4. The molecule has 2 aromatic rings. The third kappa shape index (κ3) is 3.99. The molecule has 0 saturated carbocycles. The van der Waals surface area contributed by atoms with Gasteiger partial charge in [0.05, 0.1) is 0 Å². The van der Waals surface area contributed by atoms with Crippen molar-refractivity contribution in [1.29, 1.82) is 0 Å². The summed E-state index contributed by atoms with van der Waals surface area (Å²) in [6, 6.07) is 13.9. The number of ether oxygens (including phenoxy) is 1. The Labute approximate surface area is 131 Å². The van der Waals surface area contributed by atoms with Gasteiger partial charge in [-0.3, -0.25) is 0 Å². The fourth-order valence-corrected chi connectivity index (χ4v) is 2.37. The minimum atomic E-state index is -0.173. The van der Waals surface area contributed by atoms with Gasteiger partial charge in [0.15, 0.2) is 0 Å². The molecular formula is C18H22ClNO. The maximum absolute atomic E-state index is 6.27. The first-order valence-electron chi connectivity index (χ1n) is 7.26. The predicted octanol–water partition coefficient (Wildman–Crippen LogP) is 4.81. The van der Waals surface area contributed by atoms with E-state index in [1.807, 2.05) is 25.1 Å². The molecule has 0 aliphatic rings. The lowest BCUT2D eigenvalue weighted by Crippen LogP contribution is -2.31. The summed E-state index contributed by atoms with van der Waals surface area (Å²) >= 11 is 6.07. The van der Waals surface area contributed by atoms with Gasteiger partial charge in [-0.1, -0.05) is 54.4 Å². The topological polar surface area (TPSA) is 35.2 Å². The predicted molar refractivity (Wildman–Crippen MR) is 89.0 cm³/mol. The molecule has 21 heavy (non-hydrogen) atoms. The standard InChI is InChI=1S/C18H22ClNO/c1-4-16(20)18(14-8-5-12(2)6-9-14)21-17-11-15(19)10-7-13(17)3/h5-11,16,18H,4,20H2,1-3H3. The smallest absolute Gasteiger partial charge is 0.139 e. The summed E-state index contributed by atoms with van der Waals surface area (Å²) < 4.78 is 6.20. The summed E-state index contributed by atoms with van der Waals surface area (Å²) in [4.78, 5) is 0. The molecule has 2 nitrogen and oxygen atoms in total. The molecule has 2 unspecified atom stereocenters. The van der Waals surface area contributed by atoms with Gasteiger partial charge >= 0.3 is 0 Å². The van der Waals surface area contributed by atoms with E-state index in [4.69, 9.17) is 22.1 Å². The van der Waals surface area contributed by atoms with Crippen LogP contribution in [0.3, 0.4) is 0 Å². The lowest BCUT2D eigenvalue weighted by atomic mass is 9.99. The van der Waals surface area contributed by atoms with E-state index < -0.39 is 0 Å². The maximum Gasteiger partial charge on any atom is 0.139 e. The van der Waals surface area contributed by atoms with Crippen LogP contribution in [-0.2, 0) is 0 Å². The first-order valence-corrected chi connectivity index (χ1v) is 7.64. The van der Waals surface area contributed by atoms with Crippen molar-refractivity contribution < 1.29 is 4.74 Å². The van der Waals surface area contributed by atoms with Crippen molar-refractivity contribution in [3.8, 4) is 5.75 Å². The Hall–Kier alpha value is -1.51. The lowest BCUT2D eigenvalue weighted by molar-refractivity contribution is 0.170. The summed E-state index contributed by atoms with van der Waals surface area (Å²) in [5.74, 6) is 0.789. The van der Waals surface area contributed by atoms with Gasteiger partial charge in [-0.15, -0.1) is 0 Å². The first-order chi connectivity index (χ1) is 10.0. The second-order valence-corrected chi connectivity index (χ2v) is 5.87. The average Bonchev–Trinajstić information content (AvgIpc) is 2.48. The Kier molecular flexibility index (Phi) is 5.27. The van der Waals surface area contributed by atoms with Crippen LogP contribution in [0, 0.1) is 13.8 Å². The highest BCUT2D eigenvalue weighted by Crippen LogP contribution is 2.30. The van der Waals surface area contributed by atoms with Crippen molar-refractivity contribution in [2.45, 2.75) is 39.3 Å². The van der Waals surface area contributed by atoms with Gasteiger partial charge in [-0.25, -0.2) is 0 Å². The Morgan fingerprint density at radius 2 is 1.76 bits per heavy atom. The monoisotopic (exact) mass is 303 g/mol. The van der Waals surface area contributed by atoms with E-state index >= 15 is 0 Å². The van der Waals surface area contributed by atoms with E-state index in [1.165, 1.54) is 5.56 Å². The van der Waals surface area contributed by atoms with Crippen LogP contribution in [-0.4, -0.2) is 6.04 Å². The molecular weight excluding hydrogens is 282 g/mol. The molecule has 0 aliphatic carbocycles. The molecule has 0 amide bonds. The van der Waals surface area contributed by atoms with Crippen LogP contribution in [0.25, 0.3) is 0 Å². The van der Waals surface area contributed by atoms with Gasteiger partial charge in [0.25, 0.3) is 0 Å². The largest absolute Gasteiger partial charge is 0.484 e. The highest BCUT2D eigenvalue weighted by atomic mass is 35.5. The van der Waals surface area contributed by atoms with Crippen molar-refractivity contribution in [2.24, 2.45) is 5.73 Å². The Morgan fingerprint density at radius 1 is 1.10 bits per heavy atom. The van der Waals surface area contributed by atoms with Crippen molar-refractivity contribution >= 4 is 11.6 Å².